The molecule has 0 rings (SSSR count). The third-order valence-corrected chi connectivity index (χ3v) is 81.0. The van der Waals surface area contributed by atoms with Crippen molar-refractivity contribution in [1.29, 1.82) is 0 Å². The van der Waals surface area contributed by atoms with Crippen LogP contribution in [0.2, 0.25) is 26.2 Å². The molecule has 0 aliphatic carbocycles. The lowest BCUT2D eigenvalue weighted by Gasteiger charge is -2.24. The van der Waals surface area contributed by atoms with Crippen molar-refractivity contribution in [3.05, 3.63) is 0 Å². The highest BCUT2D eigenvalue weighted by molar-refractivity contribution is 7.86. The van der Waals surface area contributed by atoms with Gasteiger partial charge in [0.2, 0.25) is 0 Å². The second kappa shape index (κ2) is 4.83. The van der Waals surface area contributed by atoms with Gasteiger partial charge in [0.1, 0.15) is 0 Å². The van der Waals surface area contributed by atoms with Gasteiger partial charge >= 0.3 is 0 Å². The van der Waals surface area contributed by atoms with Crippen LogP contribution in [0.4, 0.5) is 0 Å². The molecule has 0 N–H and O–H groups in total. The molecule has 0 nitrogen and oxygen atoms in total. The Morgan fingerprint density at radius 3 is 0.889 bits per heavy atom. The van der Waals surface area contributed by atoms with Gasteiger partial charge in [-0.2, -0.15) is 0 Å². The third kappa shape index (κ3) is 2.66. The van der Waals surface area contributed by atoms with E-state index in [4.69, 9.17) is 0 Å². The van der Waals surface area contributed by atoms with E-state index in [0.717, 1.165) is 0 Å². The molecule has 0 unspecified atom stereocenters. The normalized spacial score (nSPS) is 22.7. The summed E-state index contributed by atoms with van der Waals surface area (Å²) in [6, 6.07) is 0. The fraction of sp³-hybridized carbons (Fsp3) is 1.00. The first-order chi connectivity index (χ1) is 4.24. The van der Waals surface area contributed by atoms with E-state index in [9.17, 15) is 0 Å². The zero-order valence-electron chi connectivity index (χ0n) is 7.33. The summed E-state index contributed by atoms with van der Waals surface area (Å²) in [6.45, 7) is 10.4. The Kier molecular flexibility index (Phi) is 5.41. The molecule has 9 heavy (non-hydrogen) atoms. The van der Waals surface area contributed by atoms with Crippen LogP contribution in [0, 0.1) is 0 Å². The second-order valence-electron chi connectivity index (χ2n) is 2.91. The maximum absolute atomic E-state index is 2.61. The van der Waals surface area contributed by atoms with Gasteiger partial charge in [0, 0.05) is 42.3 Å². The average Bonchev–Trinajstić information content (AvgIpc) is 1.95. The van der Waals surface area contributed by atoms with Crippen molar-refractivity contribution in [2.45, 2.75) is 26.2 Å². The van der Waals surface area contributed by atoms with Crippen molar-refractivity contribution in [1.82, 2.24) is 0 Å². The number of rotatable bonds is 4. The van der Waals surface area contributed by atoms with Gasteiger partial charge in [-0.25, -0.2) is 0 Å². The highest BCUT2D eigenvalue weighted by Gasteiger charge is 2.24. The summed E-state index contributed by atoms with van der Waals surface area (Å²) >= 11 is 0. The van der Waals surface area contributed by atoms with Crippen LogP contribution in [-0.4, -0.2) is 42.3 Å². The molecule has 56 valence electrons. The first-order valence-corrected chi connectivity index (χ1v) is 21.2. The third-order valence-electron chi connectivity index (χ3n) is 3.00. The molecule has 0 saturated heterocycles. The summed E-state index contributed by atoms with van der Waals surface area (Å²) in [6.07, 6.45) is -0.136. The van der Waals surface area contributed by atoms with Crippen molar-refractivity contribution in [2.75, 3.05) is 0 Å². The van der Waals surface area contributed by atoms with Crippen LogP contribution in [-0.2, 0) is 0 Å². The van der Waals surface area contributed by atoms with Crippen LogP contribution in [0.3, 0.4) is 0 Å². The minimum Gasteiger partial charge on any atom is -0.0772 e. The molecule has 5 heteroatoms. The molecule has 0 saturated carbocycles. The molecule has 0 atom stereocenters. The van der Waals surface area contributed by atoms with Crippen LogP contribution in [0.5, 0.6) is 0 Å². The van der Waals surface area contributed by atoms with Gasteiger partial charge in [-0.3, -0.25) is 0 Å². The first-order valence-electron chi connectivity index (χ1n) is 4.24. The molecule has 0 bridgehead atoms. The summed E-state index contributed by atoms with van der Waals surface area (Å²) < 4.78 is 0. The molecule has 0 aliphatic rings. The van der Waals surface area contributed by atoms with Crippen LogP contribution >= 0.6 is 0 Å². The highest BCUT2D eigenvalue weighted by Crippen LogP contribution is 1.94. The van der Waals surface area contributed by atoms with Crippen molar-refractivity contribution in [2.24, 2.45) is 0 Å². The summed E-state index contributed by atoms with van der Waals surface area (Å²) in [4.78, 5) is 0. The topological polar surface area (TPSA) is 0 Å². The molecular formula is C4H20Si5. The Morgan fingerprint density at radius 1 is 0.667 bits per heavy atom. The van der Waals surface area contributed by atoms with Crippen molar-refractivity contribution < 1.29 is 0 Å². The smallest absolute Gasteiger partial charge is 0.00682 e. The van der Waals surface area contributed by atoms with Gasteiger partial charge in [-0.05, 0) is 0 Å². The van der Waals surface area contributed by atoms with E-state index >= 15 is 0 Å². The lowest BCUT2D eigenvalue weighted by molar-refractivity contribution is 2.27. The van der Waals surface area contributed by atoms with E-state index in [1.165, 1.54) is 0 Å². The average molecular weight is 209 g/mol. The molecule has 0 heterocycles. The van der Waals surface area contributed by atoms with Gasteiger partial charge < -0.3 is 0 Å². The Labute approximate surface area is 68.7 Å². The molecule has 0 aromatic rings. The molecule has 0 aromatic heterocycles. The van der Waals surface area contributed by atoms with E-state index in [2.05, 4.69) is 26.2 Å². The quantitative estimate of drug-likeness (QED) is 0.483. The summed E-state index contributed by atoms with van der Waals surface area (Å²) in [5, 5.41) is 0. The number of hydrogen-bond acceptors (Lipinski definition) is 0. The molecule has 0 aliphatic heterocycles. The summed E-state index contributed by atoms with van der Waals surface area (Å²) in [5.41, 5.74) is 0. The van der Waals surface area contributed by atoms with Crippen LogP contribution in [0.25, 0.3) is 0 Å². The van der Waals surface area contributed by atoms with E-state index in [0.29, 0.717) is 36.1 Å². The summed E-state index contributed by atoms with van der Waals surface area (Å²) in [5.74, 6) is 0. The maximum Gasteiger partial charge on any atom is 0.00682 e. The SMILES string of the molecule is C[SiH2][Si]([SiH2]C)([SiH2]C)[SiH2]C. The van der Waals surface area contributed by atoms with Gasteiger partial charge in [-0.15, -0.1) is 0 Å². The van der Waals surface area contributed by atoms with E-state index in [1.807, 2.05) is 0 Å². The highest BCUT2D eigenvalue weighted by atomic mass is 30.1. The van der Waals surface area contributed by atoms with E-state index in [1.54, 1.807) is 0 Å². The fourth-order valence-electron chi connectivity index (χ4n) is 1.50. The summed E-state index contributed by atoms with van der Waals surface area (Å²) in [7, 11) is 2.18. The lowest BCUT2D eigenvalue weighted by atomic mass is 11.9. The van der Waals surface area contributed by atoms with Crippen LogP contribution < -0.4 is 0 Å². The molecule has 0 fully saturated rings. The zero-order valence-corrected chi connectivity index (χ0v) is 14.0. The predicted octanol–water partition coefficient (Wildman–Crippen LogP) is -1.71. The predicted molar refractivity (Wildman–Crippen MR) is 63.4 cm³/mol. The Balaban J connectivity index is 3.82. The van der Waals surface area contributed by atoms with E-state index in [-0.39, 0.29) is 6.14 Å². The van der Waals surface area contributed by atoms with Gasteiger partial charge in [0.15, 0.2) is 0 Å². The standard InChI is InChI=1S/C4H20Si5/c1-5-9(6-2,7-3)8-4/h5-8H2,1-4H3. The fourth-order valence-corrected chi connectivity index (χ4v) is 40.5. The molecule has 0 aromatic carbocycles. The minimum absolute atomic E-state index is 0.136. The first kappa shape index (κ1) is 10.1. The van der Waals surface area contributed by atoms with Crippen molar-refractivity contribution >= 4 is 42.3 Å². The Bertz CT molecular complexity index is 51.8. The number of hydrogen-bond donors (Lipinski definition) is 0. The van der Waals surface area contributed by atoms with Gasteiger partial charge in [0.05, 0.1) is 0 Å². The van der Waals surface area contributed by atoms with Gasteiger partial charge in [0.25, 0.3) is 0 Å². The zero-order chi connectivity index (χ0) is 7.33. The van der Waals surface area contributed by atoms with Crippen LogP contribution in [0.1, 0.15) is 0 Å². The Hall–Kier alpha value is 1.08. The lowest BCUT2D eigenvalue weighted by Crippen LogP contribution is -2.57. The second-order valence-corrected chi connectivity index (χ2v) is 53.2. The van der Waals surface area contributed by atoms with E-state index < -0.39 is 0 Å². The van der Waals surface area contributed by atoms with Gasteiger partial charge in [-0.1, -0.05) is 26.2 Å². The molecule has 0 amide bonds. The largest absolute Gasteiger partial charge is 0.0772 e. The monoisotopic (exact) mass is 208 g/mol. The van der Waals surface area contributed by atoms with Crippen molar-refractivity contribution in [3.63, 3.8) is 0 Å². The Morgan fingerprint density at radius 2 is 0.889 bits per heavy atom. The molecule has 0 spiro atoms. The minimum atomic E-state index is -0.136. The maximum atomic E-state index is 2.61. The molecular weight excluding hydrogens is 188 g/mol. The van der Waals surface area contributed by atoms with Crippen LogP contribution in [0.15, 0.2) is 0 Å². The van der Waals surface area contributed by atoms with Crippen molar-refractivity contribution in [3.8, 4) is 0 Å². The molecule has 0 radical (unpaired) electrons.